The van der Waals surface area contributed by atoms with E-state index in [1.54, 1.807) is 5.56 Å². The summed E-state index contributed by atoms with van der Waals surface area (Å²) in [6.45, 7) is 5.77. The predicted octanol–water partition coefficient (Wildman–Crippen LogP) is 5.28. The molecule has 1 N–H and O–H groups in total. The van der Waals surface area contributed by atoms with Crippen LogP contribution in [-0.2, 0) is 6.42 Å². The van der Waals surface area contributed by atoms with Gasteiger partial charge in [0.15, 0.2) is 0 Å². The van der Waals surface area contributed by atoms with E-state index in [2.05, 4.69) is 60.4 Å². The number of hydrogen-bond donors (Lipinski definition) is 1. The van der Waals surface area contributed by atoms with E-state index in [-0.39, 0.29) is 18.5 Å². The van der Waals surface area contributed by atoms with E-state index in [4.69, 9.17) is 0 Å². The van der Waals surface area contributed by atoms with Gasteiger partial charge in [0.1, 0.15) is 0 Å². The normalized spacial score (nSPS) is 23.9. The van der Waals surface area contributed by atoms with E-state index >= 15 is 0 Å². The van der Waals surface area contributed by atoms with Crippen molar-refractivity contribution in [3.8, 4) is 0 Å². The van der Waals surface area contributed by atoms with Gasteiger partial charge in [0.05, 0.1) is 6.10 Å². The van der Waals surface area contributed by atoms with Crippen LogP contribution in [0.4, 0.5) is 0 Å². The molecular formula is C24H32ClNO. The van der Waals surface area contributed by atoms with Crippen molar-refractivity contribution >= 4 is 12.4 Å². The Bertz CT molecular complexity index is 739. The van der Waals surface area contributed by atoms with E-state index < -0.39 is 0 Å². The highest BCUT2D eigenvalue weighted by Gasteiger charge is 2.27. The summed E-state index contributed by atoms with van der Waals surface area (Å²) in [5, 5.41) is 10.6. The predicted molar refractivity (Wildman–Crippen MR) is 115 cm³/mol. The van der Waals surface area contributed by atoms with Gasteiger partial charge >= 0.3 is 0 Å². The summed E-state index contributed by atoms with van der Waals surface area (Å²) >= 11 is 0. The Kier molecular flexibility index (Phi) is 6.97. The van der Waals surface area contributed by atoms with Crippen LogP contribution in [0.2, 0.25) is 0 Å². The molecule has 1 aliphatic carbocycles. The van der Waals surface area contributed by atoms with Gasteiger partial charge < -0.3 is 10.0 Å². The fourth-order valence-corrected chi connectivity index (χ4v) is 5.01. The van der Waals surface area contributed by atoms with E-state index in [1.165, 1.54) is 43.5 Å². The van der Waals surface area contributed by atoms with Crippen LogP contribution in [0.15, 0.2) is 48.5 Å². The number of hydrogen-bond acceptors (Lipinski definition) is 2. The van der Waals surface area contributed by atoms with Crippen LogP contribution in [0.25, 0.3) is 0 Å². The van der Waals surface area contributed by atoms with Crippen LogP contribution < -0.4 is 0 Å². The lowest BCUT2D eigenvalue weighted by Gasteiger charge is -2.35. The number of fused-ring (bicyclic) bond motifs is 1. The molecule has 2 aromatic carbocycles. The lowest BCUT2D eigenvalue weighted by Crippen LogP contribution is -2.37. The zero-order chi connectivity index (χ0) is 17.9. The fourth-order valence-electron chi connectivity index (χ4n) is 5.01. The molecule has 0 bridgehead atoms. The zero-order valence-electron chi connectivity index (χ0n) is 16.3. The Morgan fingerprint density at radius 1 is 0.926 bits per heavy atom. The summed E-state index contributed by atoms with van der Waals surface area (Å²) in [6.07, 6.45) is 5.46. The molecule has 146 valence electrons. The van der Waals surface area contributed by atoms with Gasteiger partial charge in [0.2, 0.25) is 0 Å². The van der Waals surface area contributed by atoms with E-state index in [1.807, 2.05) is 0 Å². The van der Waals surface area contributed by atoms with Gasteiger partial charge in [0, 0.05) is 6.54 Å². The number of aliphatic hydroxyl groups is 1. The third kappa shape index (κ3) is 4.74. The molecule has 0 spiro atoms. The summed E-state index contributed by atoms with van der Waals surface area (Å²) in [5.41, 5.74) is 5.50. The van der Waals surface area contributed by atoms with Crippen LogP contribution in [0.5, 0.6) is 0 Å². The fraction of sp³-hybridized carbons (Fsp3) is 0.500. The molecular weight excluding hydrogens is 354 g/mol. The van der Waals surface area contributed by atoms with Crippen molar-refractivity contribution in [3.63, 3.8) is 0 Å². The molecule has 1 fully saturated rings. The van der Waals surface area contributed by atoms with E-state index in [0.29, 0.717) is 5.92 Å². The van der Waals surface area contributed by atoms with Gasteiger partial charge in [-0.3, -0.25) is 0 Å². The van der Waals surface area contributed by atoms with Crippen LogP contribution in [0.1, 0.15) is 60.0 Å². The summed E-state index contributed by atoms with van der Waals surface area (Å²) in [7, 11) is 0. The van der Waals surface area contributed by atoms with Gasteiger partial charge in [-0.05, 0) is 86.2 Å². The number of rotatable bonds is 3. The van der Waals surface area contributed by atoms with Crippen molar-refractivity contribution in [1.29, 1.82) is 0 Å². The summed E-state index contributed by atoms with van der Waals surface area (Å²) in [6, 6.07) is 17.3. The maximum Gasteiger partial charge on any atom is 0.0795 e. The van der Waals surface area contributed by atoms with Crippen molar-refractivity contribution in [2.75, 3.05) is 19.6 Å². The minimum absolute atomic E-state index is 0. The Morgan fingerprint density at radius 3 is 2.33 bits per heavy atom. The van der Waals surface area contributed by atoms with Gasteiger partial charge in [-0.2, -0.15) is 0 Å². The first-order chi connectivity index (χ1) is 12.7. The topological polar surface area (TPSA) is 23.5 Å². The van der Waals surface area contributed by atoms with E-state index in [0.717, 1.165) is 30.9 Å². The number of aliphatic hydroxyl groups excluding tert-OH is 1. The second-order valence-electron chi connectivity index (χ2n) is 8.29. The number of aryl methyl sites for hydroxylation is 2. The quantitative estimate of drug-likeness (QED) is 0.726. The molecule has 2 atom stereocenters. The lowest BCUT2D eigenvalue weighted by molar-refractivity contribution is 0.117. The molecule has 2 unspecified atom stereocenters. The minimum atomic E-state index is -0.289. The maximum atomic E-state index is 10.6. The molecule has 0 radical (unpaired) electrons. The molecule has 0 amide bonds. The van der Waals surface area contributed by atoms with Crippen LogP contribution in [0, 0.1) is 12.8 Å². The molecule has 1 aliphatic heterocycles. The van der Waals surface area contributed by atoms with Crippen molar-refractivity contribution in [1.82, 2.24) is 4.90 Å². The van der Waals surface area contributed by atoms with Gasteiger partial charge in [-0.15, -0.1) is 12.4 Å². The second-order valence-corrected chi connectivity index (χ2v) is 8.29. The van der Waals surface area contributed by atoms with Crippen LogP contribution in [0.3, 0.4) is 0 Å². The first-order valence-corrected chi connectivity index (χ1v) is 10.2. The minimum Gasteiger partial charge on any atom is -0.388 e. The van der Waals surface area contributed by atoms with Gasteiger partial charge in [0.25, 0.3) is 0 Å². The largest absolute Gasteiger partial charge is 0.388 e. The smallest absolute Gasteiger partial charge is 0.0795 e. The maximum absolute atomic E-state index is 10.6. The summed E-state index contributed by atoms with van der Waals surface area (Å²) < 4.78 is 0. The molecule has 0 aromatic heterocycles. The Balaban J connectivity index is 0.00000210. The van der Waals surface area contributed by atoms with Crippen molar-refractivity contribution < 1.29 is 5.11 Å². The monoisotopic (exact) mass is 385 g/mol. The van der Waals surface area contributed by atoms with Crippen LogP contribution in [-0.4, -0.2) is 29.6 Å². The molecule has 4 rings (SSSR count). The summed E-state index contributed by atoms with van der Waals surface area (Å²) in [5.74, 6) is 1.32. The van der Waals surface area contributed by atoms with Crippen molar-refractivity contribution in [2.24, 2.45) is 5.92 Å². The number of piperidine rings is 1. The Hall–Kier alpha value is -1.35. The molecule has 2 nitrogen and oxygen atoms in total. The first kappa shape index (κ1) is 20.4. The zero-order valence-corrected chi connectivity index (χ0v) is 17.1. The highest BCUT2D eigenvalue weighted by Crippen LogP contribution is 2.34. The van der Waals surface area contributed by atoms with Crippen LogP contribution >= 0.6 is 12.4 Å². The molecule has 0 saturated carbocycles. The highest BCUT2D eigenvalue weighted by molar-refractivity contribution is 5.85. The number of likely N-dealkylation sites (tertiary alicyclic amines) is 1. The van der Waals surface area contributed by atoms with Crippen molar-refractivity contribution in [3.05, 3.63) is 70.8 Å². The average Bonchev–Trinajstić information content (AvgIpc) is 2.82. The summed E-state index contributed by atoms with van der Waals surface area (Å²) in [4.78, 5) is 2.64. The van der Waals surface area contributed by atoms with E-state index in [9.17, 15) is 5.11 Å². The Labute approximate surface area is 170 Å². The average molecular weight is 386 g/mol. The van der Waals surface area contributed by atoms with Gasteiger partial charge in [-0.25, -0.2) is 0 Å². The molecule has 27 heavy (non-hydrogen) atoms. The SMILES string of the molecule is Cc1ccccc1C1CCN(CC2CCc3ccccc3C(O)C2)CC1.Cl. The first-order valence-electron chi connectivity index (χ1n) is 10.2. The number of halogens is 1. The second kappa shape index (κ2) is 9.23. The molecule has 2 aromatic rings. The Morgan fingerprint density at radius 2 is 1.59 bits per heavy atom. The molecule has 2 aliphatic rings. The number of nitrogens with zero attached hydrogens (tertiary/aromatic N) is 1. The molecule has 1 heterocycles. The number of benzene rings is 2. The van der Waals surface area contributed by atoms with Crippen molar-refractivity contribution in [2.45, 2.75) is 51.0 Å². The third-order valence-corrected chi connectivity index (χ3v) is 6.52. The van der Waals surface area contributed by atoms with Gasteiger partial charge in [-0.1, -0.05) is 48.5 Å². The lowest BCUT2D eigenvalue weighted by atomic mass is 9.86. The standard InChI is InChI=1S/C24H31NO.ClH/c1-18-6-2-4-8-22(18)21-12-14-25(15-13-21)17-19-10-11-20-7-3-5-9-23(20)24(26)16-19;/h2-9,19,21,24,26H,10-17H2,1H3;1H. The molecule has 1 saturated heterocycles. The third-order valence-electron chi connectivity index (χ3n) is 6.52. The highest BCUT2D eigenvalue weighted by atomic mass is 35.5. The molecule has 3 heteroatoms.